The zero-order chi connectivity index (χ0) is 18.6. The summed E-state index contributed by atoms with van der Waals surface area (Å²) < 4.78 is 0. The molecule has 0 bridgehead atoms. The molecule has 1 amide bonds. The number of carboxylic acids is 1. The molecule has 6 nitrogen and oxygen atoms in total. The number of aromatic amines is 1. The molecule has 1 aromatic heterocycles. The van der Waals surface area contributed by atoms with Crippen LogP contribution >= 0.6 is 23.2 Å². The minimum Gasteiger partial charge on any atom is -0.545 e. The molecule has 3 atom stereocenters. The maximum Gasteiger partial charge on any atom is 1.00 e. The molecule has 9 heteroatoms. The van der Waals surface area contributed by atoms with Gasteiger partial charge in [0.1, 0.15) is 5.69 Å². The molecule has 0 spiro atoms. The van der Waals surface area contributed by atoms with Gasteiger partial charge in [-0.1, -0.05) is 35.3 Å². The molecule has 2 N–H and O–H groups in total. The normalized spacial score (nSPS) is 22.8. The number of benzene rings is 1. The number of nitrogens with one attached hydrogen (secondary N) is 2. The fourth-order valence-corrected chi connectivity index (χ4v) is 4.15. The smallest absolute Gasteiger partial charge is 0.545 e. The standard InChI is InChI=1S/C18H17Cl2N3O3.Li/c1-8-13(19)14(20)16(21-8)17(24)22-15-11-6-23(7-12(11)15)10-4-2-3-9(5-10)18(25)26;/h2-5,11-12,15,21H,6-7H2,1H3,(H,22,24)(H,25,26);/q;+1/p-1/t11-,12+,15-;. The predicted octanol–water partition coefficient (Wildman–Crippen LogP) is -1.14. The number of carbonyl (C=O) groups excluding carboxylic acids is 2. The van der Waals surface area contributed by atoms with Crippen molar-refractivity contribution in [2.45, 2.75) is 13.0 Å². The minimum atomic E-state index is -1.18. The fourth-order valence-electron chi connectivity index (χ4n) is 3.73. The molecule has 2 aliphatic rings. The first-order valence-electron chi connectivity index (χ1n) is 8.27. The van der Waals surface area contributed by atoms with Gasteiger partial charge in [0.05, 0.1) is 16.0 Å². The van der Waals surface area contributed by atoms with Crippen LogP contribution in [0, 0.1) is 18.8 Å². The van der Waals surface area contributed by atoms with E-state index in [1.54, 1.807) is 19.1 Å². The van der Waals surface area contributed by atoms with E-state index in [2.05, 4.69) is 15.2 Å². The summed E-state index contributed by atoms with van der Waals surface area (Å²) in [6.45, 7) is 3.30. The Labute approximate surface area is 178 Å². The van der Waals surface area contributed by atoms with Crippen molar-refractivity contribution in [3.05, 3.63) is 51.3 Å². The molecule has 27 heavy (non-hydrogen) atoms. The number of hydrogen-bond donors (Lipinski definition) is 2. The van der Waals surface area contributed by atoms with Gasteiger partial charge in [-0.05, 0) is 24.6 Å². The van der Waals surface area contributed by atoms with Crippen LogP contribution in [0.25, 0.3) is 0 Å². The zero-order valence-electron chi connectivity index (χ0n) is 14.9. The van der Waals surface area contributed by atoms with Gasteiger partial charge in [0.25, 0.3) is 5.91 Å². The van der Waals surface area contributed by atoms with Crippen LogP contribution in [0.2, 0.25) is 10.0 Å². The molecule has 1 aromatic carbocycles. The summed E-state index contributed by atoms with van der Waals surface area (Å²) in [6.07, 6.45) is 0. The molecule has 2 aromatic rings. The Morgan fingerprint density at radius 1 is 1.22 bits per heavy atom. The Bertz CT molecular complexity index is 905. The van der Waals surface area contributed by atoms with Gasteiger partial charge in [-0.3, -0.25) is 4.79 Å². The number of carboxylic acid groups (broad SMARTS) is 1. The zero-order valence-corrected chi connectivity index (χ0v) is 16.4. The average Bonchev–Trinajstić information content (AvgIpc) is 2.95. The SMILES string of the molecule is Cc1[nH]c(C(=O)N[C@@H]2[C@@H]3CN(c4cccc(C(=O)[O-])c4)C[C@@H]32)c(Cl)c1Cl.[Li+]. The van der Waals surface area contributed by atoms with E-state index in [0.717, 1.165) is 18.8 Å². The largest absolute Gasteiger partial charge is 1.00 e. The summed E-state index contributed by atoms with van der Waals surface area (Å²) in [6, 6.07) is 6.84. The Kier molecular flexibility index (Phi) is 5.56. The van der Waals surface area contributed by atoms with Crippen LogP contribution in [0.5, 0.6) is 0 Å². The molecule has 2 heterocycles. The quantitative estimate of drug-likeness (QED) is 0.636. The number of H-pyrrole nitrogens is 1. The van der Waals surface area contributed by atoms with E-state index in [9.17, 15) is 14.7 Å². The van der Waals surface area contributed by atoms with E-state index in [0.29, 0.717) is 22.6 Å². The summed E-state index contributed by atoms with van der Waals surface area (Å²) in [5.41, 5.74) is 1.98. The molecule has 1 aliphatic carbocycles. The minimum absolute atomic E-state index is 0. The molecule has 1 saturated carbocycles. The van der Waals surface area contributed by atoms with E-state index >= 15 is 0 Å². The summed E-state index contributed by atoms with van der Waals surface area (Å²) in [5.74, 6) is -0.750. The third kappa shape index (κ3) is 3.60. The van der Waals surface area contributed by atoms with Crippen LogP contribution in [0.3, 0.4) is 0 Å². The summed E-state index contributed by atoms with van der Waals surface area (Å²) in [5, 5.41) is 14.6. The molecular weight excluding hydrogens is 384 g/mol. The molecule has 4 rings (SSSR count). The van der Waals surface area contributed by atoms with Gasteiger partial charge in [-0.2, -0.15) is 0 Å². The van der Waals surface area contributed by atoms with E-state index < -0.39 is 5.97 Å². The van der Waals surface area contributed by atoms with E-state index in [1.165, 1.54) is 6.07 Å². The van der Waals surface area contributed by atoms with Gasteiger partial charge in [-0.25, -0.2) is 0 Å². The van der Waals surface area contributed by atoms with Crippen LogP contribution in [-0.2, 0) is 0 Å². The van der Waals surface area contributed by atoms with E-state index in [1.807, 2.05) is 6.07 Å². The van der Waals surface area contributed by atoms with Crippen molar-refractivity contribution in [3.8, 4) is 0 Å². The number of aryl methyl sites for hydroxylation is 1. The molecule has 2 fully saturated rings. The van der Waals surface area contributed by atoms with Gasteiger partial charge >= 0.3 is 18.9 Å². The number of anilines is 1. The topological polar surface area (TPSA) is 88.3 Å². The molecule has 0 radical (unpaired) electrons. The monoisotopic (exact) mass is 399 g/mol. The third-order valence-corrected chi connectivity index (χ3v) is 6.17. The van der Waals surface area contributed by atoms with Crippen LogP contribution in [0.4, 0.5) is 5.69 Å². The summed E-state index contributed by atoms with van der Waals surface area (Å²) in [7, 11) is 0. The van der Waals surface area contributed by atoms with Gasteiger partial charge < -0.3 is 25.1 Å². The van der Waals surface area contributed by atoms with Crippen molar-refractivity contribution in [3.63, 3.8) is 0 Å². The van der Waals surface area contributed by atoms with Gasteiger partial charge in [-0.15, -0.1) is 0 Å². The Balaban J connectivity index is 0.00000210. The van der Waals surface area contributed by atoms with Crippen LogP contribution in [-0.4, -0.2) is 36.0 Å². The Morgan fingerprint density at radius 2 is 1.89 bits per heavy atom. The number of rotatable bonds is 4. The Hall–Kier alpha value is -1.58. The second-order valence-electron chi connectivity index (χ2n) is 6.82. The first kappa shape index (κ1) is 20.2. The second-order valence-corrected chi connectivity index (χ2v) is 7.58. The summed E-state index contributed by atoms with van der Waals surface area (Å²) >= 11 is 12.1. The fraction of sp³-hybridized carbons (Fsp3) is 0.333. The van der Waals surface area contributed by atoms with Crippen molar-refractivity contribution in [1.82, 2.24) is 10.3 Å². The van der Waals surface area contributed by atoms with Crippen molar-refractivity contribution in [2.24, 2.45) is 11.8 Å². The third-order valence-electron chi connectivity index (χ3n) is 5.22. The van der Waals surface area contributed by atoms with Gasteiger partial charge in [0, 0.05) is 42.3 Å². The van der Waals surface area contributed by atoms with Crippen molar-refractivity contribution >= 4 is 40.8 Å². The van der Waals surface area contributed by atoms with Gasteiger partial charge in [0.15, 0.2) is 0 Å². The van der Waals surface area contributed by atoms with Crippen molar-refractivity contribution in [1.29, 1.82) is 0 Å². The number of aromatic carboxylic acids is 1. The second kappa shape index (κ2) is 7.44. The molecule has 136 valence electrons. The van der Waals surface area contributed by atoms with Crippen LogP contribution < -0.4 is 34.2 Å². The number of fused-ring (bicyclic) bond motifs is 1. The number of carbonyl (C=O) groups is 2. The maximum atomic E-state index is 12.4. The average molecular weight is 400 g/mol. The summed E-state index contributed by atoms with van der Waals surface area (Å²) in [4.78, 5) is 28.5. The van der Waals surface area contributed by atoms with E-state index in [4.69, 9.17) is 23.2 Å². The maximum absolute atomic E-state index is 12.4. The molecule has 1 aliphatic heterocycles. The number of piperidine rings is 1. The number of amides is 1. The number of halogens is 2. The molecule has 1 saturated heterocycles. The van der Waals surface area contributed by atoms with Gasteiger partial charge in [0.2, 0.25) is 0 Å². The number of nitrogens with zero attached hydrogens (tertiary/aromatic N) is 1. The van der Waals surface area contributed by atoms with Crippen LogP contribution in [0.15, 0.2) is 24.3 Å². The first-order chi connectivity index (χ1) is 12.4. The number of hydrogen-bond acceptors (Lipinski definition) is 4. The first-order valence-corrected chi connectivity index (χ1v) is 9.03. The Morgan fingerprint density at radius 3 is 2.44 bits per heavy atom. The van der Waals surface area contributed by atoms with E-state index in [-0.39, 0.29) is 47.1 Å². The predicted molar refractivity (Wildman–Crippen MR) is 96.8 cm³/mol. The number of aromatic nitrogens is 1. The molecular formula is C18H16Cl2LiN3O3. The van der Waals surface area contributed by atoms with Crippen molar-refractivity contribution < 1.29 is 33.6 Å². The van der Waals surface area contributed by atoms with Crippen molar-refractivity contribution in [2.75, 3.05) is 18.0 Å². The van der Waals surface area contributed by atoms with Crippen LogP contribution in [0.1, 0.15) is 26.5 Å². The molecule has 0 unspecified atom stereocenters.